The normalized spacial score (nSPS) is 14.4. The maximum absolute atomic E-state index is 12.6. The van der Waals surface area contributed by atoms with E-state index in [9.17, 15) is 4.79 Å². The molecular weight excluding hydrogens is 308 g/mol. The maximum atomic E-state index is 12.6. The molecule has 1 fully saturated rings. The summed E-state index contributed by atoms with van der Waals surface area (Å²) in [5, 5.41) is 0. The SMILES string of the molecule is COc1cccc(C(=O)N2CCN(c3nccc(OC)n3)CC2)c1. The lowest BCUT2D eigenvalue weighted by Crippen LogP contribution is -2.49. The van der Waals surface area contributed by atoms with Gasteiger partial charge in [-0.3, -0.25) is 4.79 Å². The molecule has 0 saturated carbocycles. The number of anilines is 1. The van der Waals surface area contributed by atoms with Crippen LogP contribution in [0.15, 0.2) is 36.5 Å². The number of methoxy groups -OCH3 is 2. The van der Waals surface area contributed by atoms with Crippen molar-refractivity contribution < 1.29 is 14.3 Å². The highest BCUT2D eigenvalue weighted by atomic mass is 16.5. The summed E-state index contributed by atoms with van der Waals surface area (Å²) in [6, 6.07) is 8.94. The van der Waals surface area contributed by atoms with Gasteiger partial charge in [0.15, 0.2) is 0 Å². The second-order valence-corrected chi connectivity index (χ2v) is 5.41. The van der Waals surface area contributed by atoms with E-state index in [1.165, 1.54) is 0 Å². The van der Waals surface area contributed by atoms with Gasteiger partial charge in [0.2, 0.25) is 11.8 Å². The summed E-state index contributed by atoms with van der Waals surface area (Å²) in [6.45, 7) is 2.61. The van der Waals surface area contributed by atoms with Crippen LogP contribution in [0.5, 0.6) is 11.6 Å². The van der Waals surface area contributed by atoms with E-state index in [1.54, 1.807) is 32.5 Å². The van der Waals surface area contributed by atoms with Crippen molar-refractivity contribution in [3.05, 3.63) is 42.1 Å². The first kappa shape index (κ1) is 16.0. The summed E-state index contributed by atoms with van der Waals surface area (Å²) in [7, 11) is 3.17. The summed E-state index contributed by atoms with van der Waals surface area (Å²) in [4.78, 5) is 25.1. The Morgan fingerprint density at radius 3 is 2.58 bits per heavy atom. The third kappa shape index (κ3) is 3.40. The molecule has 0 aliphatic carbocycles. The number of nitrogens with zero attached hydrogens (tertiary/aromatic N) is 4. The molecule has 1 aliphatic heterocycles. The van der Waals surface area contributed by atoms with E-state index in [-0.39, 0.29) is 5.91 Å². The second-order valence-electron chi connectivity index (χ2n) is 5.41. The van der Waals surface area contributed by atoms with Crippen molar-refractivity contribution in [1.82, 2.24) is 14.9 Å². The van der Waals surface area contributed by atoms with Crippen LogP contribution in [-0.2, 0) is 0 Å². The number of carbonyl (C=O) groups is 1. The molecule has 0 unspecified atom stereocenters. The average molecular weight is 328 g/mol. The zero-order valence-electron chi connectivity index (χ0n) is 13.8. The molecule has 0 spiro atoms. The Hall–Kier alpha value is -2.83. The van der Waals surface area contributed by atoms with Crippen molar-refractivity contribution in [2.45, 2.75) is 0 Å². The van der Waals surface area contributed by atoms with Crippen molar-refractivity contribution in [1.29, 1.82) is 0 Å². The Kier molecular flexibility index (Phi) is 4.79. The molecule has 1 saturated heterocycles. The van der Waals surface area contributed by atoms with Gasteiger partial charge in [-0.1, -0.05) is 6.07 Å². The third-order valence-electron chi connectivity index (χ3n) is 3.99. The first-order valence-electron chi connectivity index (χ1n) is 7.76. The number of aromatic nitrogens is 2. The molecule has 0 atom stereocenters. The van der Waals surface area contributed by atoms with Crippen LogP contribution in [0.1, 0.15) is 10.4 Å². The molecule has 24 heavy (non-hydrogen) atoms. The molecule has 1 aromatic heterocycles. The quantitative estimate of drug-likeness (QED) is 0.846. The largest absolute Gasteiger partial charge is 0.497 e. The molecule has 0 N–H and O–H groups in total. The third-order valence-corrected chi connectivity index (χ3v) is 3.99. The lowest BCUT2D eigenvalue weighted by Gasteiger charge is -2.34. The Bertz CT molecular complexity index is 714. The van der Waals surface area contributed by atoms with E-state index in [0.717, 1.165) is 0 Å². The number of rotatable bonds is 4. The van der Waals surface area contributed by atoms with Crippen LogP contribution in [0.25, 0.3) is 0 Å². The van der Waals surface area contributed by atoms with E-state index in [0.29, 0.717) is 49.3 Å². The Balaban J connectivity index is 1.64. The molecule has 0 bridgehead atoms. The molecule has 1 amide bonds. The highest BCUT2D eigenvalue weighted by molar-refractivity contribution is 5.94. The molecule has 2 aromatic rings. The molecule has 7 heteroatoms. The van der Waals surface area contributed by atoms with E-state index < -0.39 is 0 Å². The summed E-state index contributed by atoms with van der Waals surface area (Å²) in [5.74, 6) is 1.86. The van der Waals surface area contributed by atoms with Gasteiger partial charge in [0.1, 0.15) is 5.75 Å². The highest BCUT2D eigenvalue weighted by Gasteiger charge is 2.23. The fraction of sp³-hybridized carbons (Fsp3) is 0.353. The molecule has 7 nitrogen and oxygen atoms in total. The minimum atomic E-state index is 0.0140. The first-order chi connectivity index (χ1) is 11.7. The predicted molar refractivity (Wildman–Crippen MR) is 89.7 cm³/mol. The van der Waals surface area contributed by atoms with Crippen LogP contribution >= 0.6 is 0 Å². The molecular formula is C17H20N4O3. The van der Waals surface area contributed by atoms with Crippen LogP contribution in [0.3, 0.4) is 0 Å². The number of ether oxygens (including phenoxy) is 2. The number of amides is 1. The molecule has 1 aliphatic rings. The van der Waals surface area contributed by atoms with Gasteiger partial charge >= 0.3 is 0 Å². The van der Waals surface area contributed by atoms with Gasteiger partial charge in [-0.25, -0.2) is 4.98 Å². The number of piperazine rings is 1. The van der Waals surface area contributed by atoms with Crippen molar-refractivity contribution in [2.75, 3.05) is 45.3 Å². The minimum Gasteiger partial charge on any atom is -0.497 e. The van der Waals surface area contributed by atoms with Crippen molar-refractivity contribution in [3.8, 4) is 11.6 Å². The van der Waals surface area contributed by atoms with Crippen molar-refractivity contribution in [3.63, 3.8) is 0 Å². The summed E-state index contributed by atoms with van der Waals surface area (Å²) < 4.78 is 10.3. The van der Waals surface area contributed by atoms with Crippen LogP contribution < -0.4 is 14.4 Å². The van der Waals surface area contributed by atoms with E-state index in [2.05, 4.69) is 14.9 Å². The highest BCUT2D eigenvalue weighted by Crippen LogP contribution is 2.18. The number of hydrogen-bond donors (Lipinski definition) is 0. The summed E-state index contributed by atoms with van der Waals surface area (Å²) in [6.07, 6.45) is 1.68. The maximum Gasteiger partial charge on any atom is 0.254 e. The fourth-order valence-electron chi connectivity index (χ4n) is 2.65. The number of carbonyl (C=O) groups excluding carboxylic acids is 1. The van der Waals surface area contributed by atoms with Crippen LogP contribution in [-0.4, -0.2) is 61.2 Å². The Morgan fingerprint density at radius 1 is 1.08 bits per heavy atom. The topological polar surface area (TPSA) is 67.8 Å². The number of benzene rings is 1. The number of hydrogen-bond acceptors (Lipinski definition) is 6. The van der Waals surface area contributed by atoms with Gasteiger partial charge in [0.25, 0.3) is 5.91 Å². The van der Waals surface area contributed by atoms with Gasteiger partial charge < -0.3 is 19.3 Å². The van der Waals surface area contributed by atoms with Crippen molar-refractivity contribution in [2.24, 2.45) is 0 Å². The standard InChI is InChI=1S/C17H20N4O3/c1-23-14-5-3-4-13(12-14)16(22)20-8-10-21(11-9-20)17-18-7-6-15(19-17)24-2/h3-7,12H,8-11H2,1-2H3. The van der Waals surface area contributed by atoms with Gasteiger partial charge in [0, 0.05) is 44.0 Å². The average Bonchev–Trinajstić information content (AvgIpc) is 2.67. The van der Waals surface area contributed by atoms with Crippen molar-refractivity contribution >= 4 is 11.9 Å². The lowest BCUT2D eigenvalue weighted by atomic mass is 10.1. The zero-order chi connectivity index (χ0) is 16.9. The Labute approximate surface area is 140 Å². The molecule has 2 heterocycles. The van der Waals surface area contributed by atoms with Gasteiger partial charge in [0.05, 0.1) is 14.2 Å². The molecule has 126 valence electrons. The van der Waals surface area contributed by atoms with Gasteiger partial charge in [-0.05, 0) is 18.2 Å². The van der Waals surface area contributed by atoms with E-state index in [1.807, 2.05) is 23.1 Å². The van der Waals surface area contributed by atoms with E-state index in [4.69, 9.17) is 9.47 Å². The zero-order valence-corrected chi connectivity index (χ0v) is 13.8. The molecule has 0 radical (unpaired) electrons. The van der Waals surface area contributed by atoms with Gasteiger partial charge in [-0.2, -0.15) is 4.98 Å². The van der Waals surface area contributed by atoms with Gasteiger partial charge in [-0.15, -0.1) is 0 Å². The van der Waals surface area contributed by atoms with Crippen LogP contribution in [0.4, 0.5) is 5.95 Å². The molecule has 3 rings (SSSR count). The summed E-state index contributed by atoms with van der Waals surface area (Å²) >= 11 is 0. The lowest BCUT2D eigenvalue weighted by molar-refractivity contribution is 0.0746. The minimum absolute atomic E-state index is 0.0140. The van der Waals surface area contributed by atoms with Crippen LogP contribution in [0, 0.1) is 0 Å². The Morgan fingerprint density at radius 2 is 1.88 bits per heavy atom. The van der Waals surface area contributed by atoms with Crippen LogP contribution in [0.2, 0.25) is 0 Å². The summed E-state index contributed by atoms with van der Waals surface area (Å²) in [5.41, 5.74) is 0.639. The monoisotopic (exact) mass is 328 g/mol. The smallest absolute Gasteiger partial charge is 0.254 e. The fourth-order valence-corrected chi connectivity index (χ4v) is 2.65. The predicted octanol–water partition coefficient (Wildman–Crippen LogP) is 1.46. The molecule has 1 aromatic carbocycles. The second kappa shape index (κ2) is 7.16. The van der Waals surface area contributed by atoms with E-state index >= 15 is 0 Å². The first-order valence-corrected chi connectivity index (χ1v) is 7.76.